The highest BCUT2D eigenvalue weighted by Crippen LogP contribution is 2.13. The van der Waals surface area contributed by atoms with Gasteiger partial charge in [0.15, 0.2) is 0 Å². The summed E-state index contributed by atoms with van der Waals surface area (Å²) in [4.78, 5) is 23.3. The lowest BCUT2D eigenvalue weighted by Gasteiger charge is -2.18. The third-order valence-electron chi connectivity index (χ3n) is 2.83. The Kier molecular flexibility index (Phi) is 6.34. The molecule has 1 unspecified atom stereocenters. The summed E-state index contributed by atoms with van der Waals surface area (Å²) in [5, 5.41) is 5.24. The first kappa shape index (κ1) is 17.9. The minimum atomic E-state index is -0.529. The van der Waals surface area contributed by atoms with Crippen LogP contribution in [0, 0.1) is 11.2 Å². The van der Waals surface area contributed by atoms with Crippen LogP contribution >= 0.6 is 0 Å². The Balaban J connectivity index is 2.28. The molecule has 0 aliphatic carbocycles. The molecule has 2 N–H and O–H groups in total. The van der Waals surface area contributed by atoms with Gasteiger partial charge in [-0.1, -0.05) is 20.8 Å². The van der Waals surface area contributed by atoms with Crippen LogP contribution in [0.15, 0.2) is 24.3 Å². The normalized spacial score (nSPS) is 12.4. The summed E-state index contributed by atoms with van der Waals surface area (Å²) >= 11 is 0. The molecule has 1 aromatic carbocycles. The highest BCUT2D eigenvalue weighted by molar-refractivity contribution is 5.87. The smallest absolute Gasteiger partial charge is 0.239 e. The number of amides is 2. The maximum absolute atomic E-state index is 12.8. The molecule has 5 nitrogen and oxygen atoms in total. The van der Waals surface area contributed by atoms with Gasteiger partial charge in [0.25, 0.3) is 0 Å². The Morgan fingerprint density at radius 2 is 1.77 bits per heavy atom. The van der Waals surface area contributed by atoms with Gasteiger partial charge >= 0.3 is 0 Å². The number of halogens is 1. The fourth-order valence-electron chi connectivity index (χ4n) is 1.53. The van der Waals surface area contributed by atoms with Gasteiger partial charge < -0.3 is 15.4 Å². The van der Waals surface area contributed by atoms with E-state index in [1.807, 2.05) is 0 Å². The van der Waals surface area contributed by atoms with Crippen molar-refractivity contribution in [1.82, 2.24) is 10.6 Å². The maximum Gasteiger partial charge on any atom is 0.239 e. The number of carbonyl (C=O) groups is 2. The van der Waals surface area contributed by atoms with Gasteiger partial charge in [0, 0.05) is 5.41 Å². The minimum Gasteiger partial charge on any atom is -0.489 e. The largest absolute Gasteiger partial charge is 0.489 e. The number of ether oxygens (including phenoxy) is 1. The Labute approximate surface area is 130 Å². The molecule has 0 fully saturated rings. The van der Waals surface area contributed by atoms with E-state index in [2.05, 4.69) is 10.6 Å². The first-order valence-electron chi connectivity index (χ1n) is 7.15. The molecule has 1 atom stereocenters. The SMILES string of the molecule is CC(CNC(=O)CNC(=O)C(C)(C)C)Oc1ccc(F)cc1. The van der Waals surface area contributed by atoms with Crippen LogP contribution < -0.4 is 15.4 Å². The fraction of sp³-hybridized carbons (Fsp3) is 0.500. The fourth-order valence-corrected chi connectivity index (χ4v) is 1.53. The predicted molar refractivity (Wildman–Crippen MR) is 82.0 cm³/mol. The monoisotopic (exact) mass is 310 g/mol. The van der Waals surface area contributed by atoms with Crippen LogP contribution in [-0.2, 0) is 9.59 Å². The Hall–Kier alpha value is -2.11. The molecule has 0 aliphatic heterocycles. The van der Waals surface area contributed by atoms with Crippen LogP contribution in [-0.4, -0.2) is 31.0 Å². The quantitative estimate of drug-likeness (QED) is 0.843. The van der Waals surface area contributed by atoms with Crippen molar-refractivity contribution in [3.8, 4) is 5.75 Å². The van der Waals surface area contributed by atoms with Crippen LogP contribution in [0.4, 0.5) is 4.39 Å². The molecule has 0 spiro atoms. The van der Waals surface area contributed by atoms with Gasteiger partial charge in [-0.25, -0.2) is 4.39 Å². The van der Waals surface area contributed by atoms with Gasteiger partial charge in [0.05, 0.1) is 13.1 Å². The topological polar surface area (TPSA) is 67.4 Å². The zero-order chi connectivity index (χ0) is 16.8. The zero-order valence-electron chi connectivity index (χ0n) is 13.4. The van der Waals surface area contributed by atoms with Crippen molar-refractivity contribution < 1.29 is 18.7 Å². The molecule has 1 aromatic rings. The molecule has 0 aromatic heterocycles. The summed E-state index contributed by atoms with van der Waals surface area (Å²) in [5.41, 5.74) is -0.529. The molecular weight excluding hydrogens is 287 g/mol. The first-order chi connectivity index (χ1) is 10.2. The molecule has 0 radical (unpaired) electrons. The molecule has 1 rings (SSSR count). The van der Waals surface area contributed by atoms with E-state index in [0.29, 0.717) is 12.3 Å². The molecule has 22 heavy (non-hydrogen) atoms. The van der Waals surface area contributed by atoms with E-state index in [-0.39, 0.29) is 30.3 Å². The highest BCUT2D eigenvalue weighted by atomic mass is 19.1. The second kappa shape index (κ2) is 7.77. The lowest BCUT2D eigenvalue weighted by molar-refractivity contribution is -0.131. The summed E-state index contributed by atoms with van der Waals surface area (Å²) in [7, 11) is 0. The van der Waals surface area contributed by atoms with E-state index in [1.165, 1.54) is 24.3 Å². The van der Waals surface area contributed by atoms with E-state index < -0.39 is 5.41 Å². The van der Waals surface area contributed by atoms with Crippen LogP contribution in [0.3, 0.4) is 0 Å². The van der Waals surface area contributed by atoms with E-state index in [1.54, 1.807) is 27.7 Å². The Morgan fingerprint density at radius 3 is 2.32 bits per heavy atom. The first-order valence-corrected chi connectivity index (χ1v) is 7.15. The van der Waals surface area contributed by atoms with Crippen molar-refractivity contribution in [2.45, 2.75) is 33.8 Å². The Morgan fingerprint density at radius 1 is 1.18 bits per heavy atom. The van der Waals surface area contributed by atoms with Gasteiger partial charge in [-0.3, -0.25) is 9.59 Å². The van der Waals surface area contributed by atoms with E-state index in [0.717, 1.165) is 0 Å². The number of carbonyl (C=O) groups excluding carboxylic acids is 2. The molecule has 122 valence electrons. The summed E-state index contributed by atoms with van der Waals surface area (Å²) < 4.78 is 18.3. The lowest BCUT2D eigenvalue weighted by atomic mass is 9.96. The Bertz CT molecular complexity index is 509. The minimum absolute atomic E-state index is 0.0701. The van der Waals surface area contributed by atoms with Gasteiger partial charge in [0.2, 0.25) is 11.8 Å². The molecule has 2 amide bonds. The van der Waals surface area contributed by atoms with E-state index >= 15 is 0 Å². The third kappa shape index (κ3) is 6.56. The van der Waals surface area contributed by atoms with Gasteiger partial charge in [-0.2, -0.15) is 0 Å². The number of nitrogens with one attached hydrogen (secondary N) is 2. The molecule has 0 bridgehead atoms. The molecule has 6 heteroatoms. The predicted octanol–water partition coefficient (Wildman–Crippen LogP) is 1.87. The number of benzene rings is 1. The van der Waals surface area contributed by atoms with Crippen LogP contribution in [0.1, 0.15) is 27.7 Å². The van der Waals surface area contributed by atoms with Crippen molar-refractivity contribution in [3.63, 3.8) is 0 Å². The molecule has 0 heterocycles. The molecule has 0 saturated carbocycles. The molecular formula is C16H23FN2O3. The zero-order valence-corrected chi connectivity index (χ0v) is 13.4. The highest BCUT2D eigenvalue weighted by Gasteiger charge is 2.21. The lowest BCUT2D eigenvalue weighted by Crippen LogP contribution is -2.43. The summed E-state index contributed by atoms with van der Waals surface area (Å²) in [6.07, 6.45) is -0.271. The van der Waals surface area contributed by atoms with E-state index in [4.69, 9.17) is 4.74 Å². The van der Waals surface area contributed by atoms with Crippen molar-refractivity contribution in [2.75, 3.05) is 13.1 Å². The van der Waals surface area contributed by atoms with Gasteiger partial charge in [0.1, 0.15) is 17.7 Å². The average Bonchev–Trinajstić information content (AvgIpc) is 2.44. The summed E-state index contributed by atoms with van der Waals surface area (Å²) in [6, 6.07) is 5.67. The van der Waals surface area contributed by atoms with Crippen molar-refractivity contribution in [1.29, 1.82) is 0 Å². The summed E-state index contributed by atoms with van der Waals surface area (Å²) in [6.45, 7) is 7.34. The standard InChI is InChI=1S/C16H23FN2O3/c1-11(22-13-7-5-12(17)6-8-13)9-18-14(20)10-19-15(21)16(2,3)4/h5-8,11H,9-10H2,1-4H3,(H,18,20)(H,19,21). The van der Waals surface area contributed by atoms with Crippen molar-refractivity contribution in [2.24, 2.45) is 5.41 Å². The number of hydrogen-bond acceptors (Lipinski definition) is 3. The number of rotatable bonds is 6. The summed E-state index contributed by atoms with van der Waals surface area (Å²) in [5.74, 6) is -0.266. The van der Waals surface area contributed by atoms with Crippen LogP contribution in [0.2, 0.25) is 0 Å². The average molecular weight is 310 g/mol. The van der Waals surface area contributed by atoms with Gasteiger partial charge in [-0.15, -0.1) is 0 Å². The van der Waals surface area contributed by atoms with Crippen LogP contribution in [0.25, 0.3) is 0 Å². The molecule has 0 saturated heterocycles. The second-order valence-electron chi connectivity index (χ2n) is 6.12. The second-order valence-corrected chi connectivity index (χ2v) is 6.12. The maximum atomic E-state index is 12.8. The van der Waals surface area contributed by atoms with Crippen molar-refractivity contribution >= 4 is 11.8 Å². The van der Waals surface area contributed by atoms with Gasteiger partial charge in [-0.05, 0) is 31.2 Å². The molecule has 0 aliphatic rings. The van der Waals surface area contributed by atoms with Crippen molar-refractivity contribution in [3.05, 3.63) is 30.1 Å². The van der Waals surface area contributed by atoms with Crippen LogP contribution in [0.5, 0.6) is 5.75 Å². The third-order valence-corrected chi connectivity index (χ3v) is 2.83. The number of hydrogen-bond donors (Lipinski definition) is 2. The van der Waals surface area contributed by atoms with E-state index in [9.17, 15) is 14.0 Å².